The Morgan fingerprint density at radius 3 is 2.95 bits per heavy atom. The molecule has 1 heterocycles. The second-order valence-electron chi connectivity index (χ2n) is 4.96. The Balaban J connectivity index is 2.04. The van der Waals surface area contributed by atoms with Crippen molar-refractivity contribution in [1.82, 2.24) is 0 Å². The van der Waals surface area contributed by atoms with Crippen molar-refractivity contribution in [2.45, 2.75) is 13.5 Å². The van der Waals surface area contributed by atoms with Gasteiger partial charge in [-0.2, -0.15) is 0 Å². The minimum Gasteiger partial charge on any atom is -0.423 e. The molecule has 0 saturated heterocycles. The van der Waals surface area contributed by atoms with E-state index >= 15 is 0 Å². The molecule has 0 saturated carbocycles. The molecule has 0 atom stereocenters. The van der Waals surface area contributed by atoms with Crippen LogP contribution in [0.5, 0.6) is 0 Å². The van der Waals surface area contributed by atoms with Gasteiger partial charge >= 0.3 is 7.12 Å². The van der Waals surface area contributed by atoms with E-state index < -0.39 is 7.12 Å². The van der Waals surface area contributed by atoms with Gasteiger partial charge in [0.05, 0.1) is 6.61 Å². The quantitative estimate of drug-likeness (QED) is 0.825. The lowest BCUT2D eigenvalue weighted by atomic mass is 9.78. The van der Waals surface area contributed by atoms with E-state index in [1.165, 1.54) is 13.0 Å². The Hall–Kier alpha value is -2.18. The van der Waals surface area contributed by atoms with Crippen LogP contribution >= 0.6 is 0 Å². The number of halogens is 1. The van der Waals surface area contributed by atoms with Gasteiger partial charge in [-0.15, -0.1) is 0 Å². The van der Waals surface area contributed by atoms with Gasteiger partial charge in [-0.3, -0.25) is 4.79 Å². The van der Waals surface area contributed by atoms with Gasteiger partial charge in [0.15, 0.2) is 0 Å². The van der Waals surface area contributed by atoms with Crippen molar-refractivity contribution in [1.29, 1.82) is 0 Å². The monoisotopic (exact) mass is 285 g/mol. The topological polar surface area (TPSA) is 58.6 Å². The molecule has 0 radical (unpaired) electrons. The molecule has 0 spiro atoms. The Labute approximate surface area is 121 Å². The number of amides is 1. The zero-order valence-electron chi connectivity index (χ0n) is 11.4. The Morgan fingerprint density at radius 1 is 1.38 bits per heavy atom. The van der Waals surface area contributed by atoms with Crippen LogP contribution in [-0.2, 0) is 16.1 Å². The first-order valence-corrected chi connectivity index (χ1v) is 6.54. The van der Waals surface area contributed by atoms with Crippen LogP contribution < -0.4 is 10.8 Å². The zero-order chi connectivity index (χ0) is 15.0. The highest BCUT2D eigenvalue weighted by Crippen LogP contribution is 2.27. The van der Waals surface area contributed by atoms with Gasteiger partial charge in [-0.05, 0) is 34.8 Å². The highest BCUT2D eigenvalue weighted by Gasteiger charge is 2.28. The van der Waals surface area contributed by atoms with Crippen molar-refractivity contribution in [3.8, 4) is 11.1 Å². The van der Waals surface area contributed by atoms with E-state index in [2.05, 4.69) is 5.32 Å². The first-order valence-electron chi connectivity index (χ1n) is 6.54. The maximum Gasteiger partial charge on any atom is 0.491 e. The van der Waals surface area contributed by atoms with Crippen molar-refractivity contribution in [2.75, 3.05) is 5.32 Å². The van der Waals surface area contributed by atoms with Gasteiger partial charge in [0.2, 0.25) is 5.91 Å². The SMILES string of the molecule is CC(=O)Nc1cccc(-c2cc3c(cc2F)COB3O)c1. The molecule has 1 aliphatic heterocycles. The van der Waals surface area contributed by atoms with Crippen LogP contribution in [-0.4, -0.2) is 18.0 Å². The van der Waals surface area contributed by atoms with E-state index in [0.29, 0.717) is 27.8 Å². The summed E-state index contributed by atoms with van der Waals surface area (Å²) in [6, 6.07) is 9.88. The summed E-state index contributed by atoms with van der Waals surface area (Å²) < 4.78 is 19.3. The molecule has 106 valence electrons. The van der Waals surface area contributed by atoms with E-state index in [0.717, 1.165) is 0 Å². The van der Waals surface area contributed by atoms with Crippen molar-refractivity contribution in [3.05, 3.63) is 47.8 Å². The molecule has 0 aromatic heterocycles. The Morgan fingerprint density at radius 2 is 2.19 bits per heavy atom. The first-order chi connectivity index (χ1) is 10.0. The lowest BCUT2D eigenvalue weighted by Crippen LogP contribution is -2.28. The van der Waals surface area contributed by atoms with Crippen LogP contribution in [0, 0.1) is 5.82 Å². The van der Waals surface area contributed by atoms with Crippen molar-refractivity contribution < 1.29 is 18.9 Å². The normalized spacial score (nSPS) is 13.2. The predicted octanol–water partition coefficient (Wildman–Crippen LogP) is 1.67. The van der Waals surface area contributed by atoms with Gasteiger partial charge in [-0.25, -0.2) is 4.39 Å². The van der Waals surface area contributed by atoms with Crippen molar-refractivity contribution in [3.63, 3.8) is 0 Å². The molecule has 0 fully saturated rings. The number of carbonyl (C=O) groups is 1. The average Bonchev–Trinajstić information content (AvgIpc) is 2.78. The molecular formula is C15H13BFNO3. The molecule has 3 rings (SSSR count). The van der Waals surface area contributed by atoms with E-state index in [1.54, 1.807) is 30.3 Å². The molecular weight excluding hydrogens is 272 g/mol. The fourth-order valence-electron chi connectivity index (χ4n) is 2.43. The smallest absolute Gasteiger partial charge is 0.423 e. The van der Waals surface area contributed by atoms with Gasteiger partial charge in [0, 0.05) is 18.2 Å². The largest absolute Gasteiger partial charge is 0.491 e. The minimum absolute atomic E-state index is 0.189. The van der Waals surface area contributed by atoms with E-state index in [1.807, 2.05) is 0 Å². The van der Waals surface area contributed by atoms with E-state index in [9.17, 15) is 14.2 Å². The Kier molecular flexibility index (Phi) is 3.49. The maximum atomic E-state index is 14.2. The van der Waals surface area contributed by atoms with Crippen LogP contribution in [0.15, 0.2) is 36.4 Å². The van der Waals surface area contributed by atoms with Crippen LogP contribution in [0.25, 0.3) is 11.1 Å². The summed E-state index contributed by atoms with van der Waals surface area (Å²) >= 11 is 0. The number of hydrogen-bond donors (Lipinski definition) is 2. The molecule has 4 nitrogen and oxygen atoms in total. The fourth-order valence-corrected chi connectivity index (χ4v) is 2.43. The third kappa shape index (κ3) is 2.68. The number of rotatable bonds is 2. The molecule has 0 unspecified atom stereocenters. The summed E-state index contributed by atoms with van der Waals surface area (Å²) in [6.45, 7) is 1.62. The van der Waals surface area contributed by atoms with Crippen molar-refractivity contribution >= 4 is 24.2 Å². The molecule has 1 amide bonds. The lowest BCUT2D eigenvalue weighted by Gasteiger charge is -2.09. The summed E-state index contributed by atoms with van der Waals surface area (Å²) in [7, 11) is -1.02. The summed E-state index contributed by atoms with van der Waals surface area (Å²) in [6.07, 6.45) is 0. The maximum absolute atomic E-state index is 14.2. The third-order valence-corrected chi connectivity index (χ3v) is 3.39. The van der Waals surface area contributed by atoms with E-state index in [-0.39, 0.29) is 18.3 Å². The third-order valence-electron chi connectivity index (χ3n) is 3.39. The van der Waals surface area contributed by atoms with Gasteiger partial charge in [0.25, 0.3) is 0 Å². The van der Waals surface area contributed by atoms with Crippen molar-refractivity contribution in [2.24, 2.45) is 0 Å². The molecule has 0 aliphatic carbocycles. The Bertz CT molecular complexity index is 720. The molecule has 6 heteroatoms. The van der Waals surface area contributed by atoms with Crippen LogP contribution in [0.1, 0.15) is 12.5 Å². The number of anilines is 1. The summed E-state index contributed by atoms with van der Waals surface area (Å²) in [5.74, 6) is -0.572. The first kappa shape index (κ1) is 13.8. The van der Waals surface area contributed by atoms with Gasteiger partial charge in [0.1, 0.15) is 5.82 Å². The number of hydrogen-bond acceptors (Lipinski definition) is 3. The number of nitrogens with one attached hydrogen (secondary N) is 1. The highest BCUT2D eigenvalue weighted by atomic mass is 19.1. The summed E-state index contributed by atoms with van der Waals surface area (Å²) in [5.41, 5.74) is 2.82. The summed E-state index contributed by atoms with van der Waals surface area (Å²) in [4.78, 5) is 11.1. The molecule has 0 bridgehead atoms. The highest BCUT2D eigenvalue weighted by molar-refractivity contribution is 6.61. The average molecular weight is 285 g/mol. The lowest BCUT2D eigenvalue weighted by molar-refractivity contribution is -0.114. The van der Waals surface area contributed by atoms with E-state index in [4.69, 9.17) is 4.65 Å². The van der Waals surface area contributed by atoms with Crippen LogP contribution in [0.2, 0.25) is 0 Å². The van der Waals surface area contributed by atoms with Crippen LogP contribution in [0.4, 0.5) is 10.1 Å². The second kappa shape index (κ2) is 5.31. The van der Waals surface area contributed by atoms with Gasteiger partial charge < -0.3 is 15.0 Å². The molecule has 2 N–H and O–H groups in total. The fraction of sp³-hybridized carbons (Fsp3) is 0.133. The second-order valence-corrected chi connectivity index (χ2v) is 4.96. The number of carbonyl (C=O) groups excluding carboxylic acids is 1. The number of fused-ring (bicyclic) bond motifs is 1. The predicted molar refractivity (Wildman–Crippen MR) is 78.5 cm³/mol. The molecule has 21 heavy (non-hydrogen) atoms. The molecule has 1 aliphatic rings. The minimum atomic E-state index is -1.02. The summed E-state index contributed by atoms with van der Waals surface area (Å²) in [5, 5.41) is 12.4. The zero-order valence-corrected chi connectivity index (χ0v) is 11.4. The van der Waals surface area contributed by atoms with Crippen LogP contribution in [0.3, 0.4) is 0 Å². The van der Waals surface area contributed by atoms with Gasteiger partial charge in [-0.1, -0.05) is 18.2 Å². The number of benzene rings is 2. The molecule has 2 aromatic carbocycles. The standard InChI is InChI=1S/C15H13BFNO3/c1-9(19)18-12-4-2-3-10(5-12)13-7-14-11(6-15(13)17)8-21-16(14)20/h2-7,20H,8H2,1H3,(H,18,19). The molecule has 2 aromatic rings.